The third-order valence-corrected chi connectivity index (χ3v) is 1.94. The van der Waals surface area contributed by atoms with E-state index in [1.165, 1.54) is 0 Å². The molecule has 0 aliphatic rings. The van der Waals surface area contributed by atoms with Crippen molar-refractivity contribution < 1.29 is 9.84 Å². The van der Waals surface area contributed by atoms with Crippen LogP contribution in [0.2, 0.25) is 0 Å². The standard InChI is InChI=1S/C10H15NO2/c1-13-10-5-3-2-4-8(10)9(12)6-7-11/h2-5,9,12H,6-7,11H2,1H3/t9-/m1/s1. The molecule has 1 rings (SSSR count). The Morgan fingerprint density at radius 3 is 2.77 bits per heavy atom. The first-order valence-corrected chi connectivity index (χ1v) is 4.30. The van der Waals surface area contributed by atoms with Crippen molar-refractivity contribution in [2.24, 2.45) is 5.73 Å². The second-order valence-electron chi connectivity index (χ2n) is 2.84. The molecular weight excluding hydrogens is 166 g/mol. The summed E-state index contributed by atoms with van der Waals surface area (Å²) in [6, 6.07) is 7.42. The van der Waals surface area contributed by atoms with E-state index in [0.717, 1.165) is 5.56 Å². The first-order chi connectivity index (χ1) is 6.29. The van der Waals surface area contributed by atoms with Gasteiger partial charge in [0, 0.05) is 5.56 Å². The summed E-state index contributed by atoms with van der Waals surface area (Å²) in [5.41, 5.74) is 6.16. The first kappa shape index (κ1) is 10.0. The van der Waals surface area contributed by atoms with E-state index in [2.05, 4.69) is 0 Å². The molecule has 3 nitrogen and oxygen atoms in total. The predicted molar refractivity (Wildman–Crippen MR) is 51.6 cm³/mol. The SMILES string of the molecule is COc1ccccc1[C@H](O)CCN. The van der Waals surface area contributed by atoms with Crippen LogP contribution in [-0.4, -0.2) is 18.8 Å². The van der Waals surface area contributed by atoms with Gasteiger partial charge in [0.15, 0.2) is 0 Å². The first-order valence-electron chi connectivity index (χ1n) is 4.30. The van der Waals surface area contributed by atoms with Crippen LogP contribution < -0.4 is 10.5 Å². The van der Waals surface area contributed by atoms with Crippen LogP contribution in [0.5, 0.6) is 5.75 Å². The van der Waals surface area contributed by atoms with Gasteiger partial charge in [-0.2, -0.15) is 0 Å². The number of rotatable bonds is 4. The summed E-state index contributed by atoms with van der Waals surface area (Å²) >= 11 is 0. The Morgan fingerprint density at radius 1 is 1.46 bits per heavy atom. The Labute approximate surface area is 78.1 Å². The normalized spacial score (nSPS) is 12.5. The van der Waals surface area contributed by atoms with Gasteiger partial charge in [0.05, 0.1) is 13.2 Å². The smallest absolute Gasteiger partial charge is 0.124 e. The Kier molecular flexibility index (Phi) is 3.73. The van der Waals surface area contributed by atoms with E-state index in [1.807, 2.05) is 24.3 Å². The molecule has 3 heteroatoms. The highest BCUT2D eigenvalue weighted by Crippen LogP contribution is 2.25. The number of hydrogen-bond acceptors (Lipinski definition) is 3. The predicted octanol–water partition coefficient (Wildman–Crippen LogP) is 1.08. The van der Waals surface area contributed by atoms with Crippen LogP contribution in [0, 0.1) is 0 Å². The number of ether oxygens (including phenoxy) is 1. The van der Waals surface area contributed by atoms with Crippen LogP contribution in [0.4, 0.5) is 0 Å². The molecule has 72 valence electrons. The molecule has 0 amide bonds. The Hall–Kier alpha value is -1.06. The number of hydrogen-bond donors (Lipinski definition) is 2. The number of methoxy groups -OCH3 is 1. The van der Waals surface area contributed by atoms with E-state index >= 15 is 0 Å². The molecule has 0 fully saturated rings. The van der Waals surface area contributed by atoms with Crippen molar-refractivity contribution in [3.63, 3.8) is 0 Å². The van der Waals surface area contributed by atoms with Crippen molar-refractivity contribution in [2.75, 3.05) is 13.7 Å². The zero-order chi connectivity index (χ0) is 9.68. The van der Waals surface area contributed by atoms with Crippen LogP contribution in [0.3, 0.4) is 0 Å². The molecule has 13 heavy (non-hydrogen) atoms. The average molecular weight is 181 g/mol. The summed E-state index contributed by atoms with van der Waals surface area (Å²) in [6.45, 7) is 0.471. The average Bonchev–Trinajstić information content (AvgIpc) is 2.18. The van der Waals surface area contributed by atoms with Gasteiger partial charge in [-0.25, -0.2) is 0 Å². The third kappa shape index (κ3) is 2.44. The van der Waals surface area contributed by atoms with Gasteiger partial charge in [0.1, 0.15) is 5.75 Å². The summed E-state index contributed by atoms with van der Waals surface area (Å²) in [5.74, 6) is 0.712. The monoisotopic (exact) mass is 181 g/mol. The molecule has 0 aliphatic heterocycles. The molecule has 0 saturated carbocycles. The molecule has 1 aromatic carbocycles. The van der Waals surface area contributed by atoms with Gasteiger partial charge in [-0.05, 0) is 19.0 Å². The maximum atomic E-state index is 9.67. The largest absolute Gasteiger partial charge is 0.496 e. The minimum absolute atomic E-state index is 0.471. The van der Waals surface area contributed by atoms with E-state index in [-0.39, 0.29) is 0 Å². The number of nitrogens with two attached hydrogens (primary N) is 1. The minimum atomic E-state index is -0.527. The molecule has 0 bridgehead atoms. The van der Waals surface area contributed by atoms with E-state index in [0.29, 0.717) is 18.7 Å². The number of benzene rings is 1. The molecule has 1 atom stereocenters. The lowest BCUT2D eigenvalue weighted by atomic mass is 10.1. The lowest BCUT2D eigenvalue weighted by molar-refractivity contribution is 0.166. The van der Waals surface area contributed by atoms with Crippen molar-refractivity contribution in [2.45, 2.75) is 12.5 Å². The highest BCUT2D eigenvalue weighted by Gasteiger charge is 2.10. The van der Waals surface area contributed by atoms with Gasteiger partial charge in [-0.1, -0.05) is 18.2 Å². The van der Waals surface area contributed by atoms with Crippen molar-refractivity contribution >= 4 is 0 Å². The van der Waals surface area contributed by atoms with Crippen molar-refractivity contribution in [3.05, 3.63) is 29.8 Å². The fourth-order valence-corrected chi connectivity index (χ4v) is 1.26. The van der Waals surface area contributed by atoms with E-state index in [9.17, 15) is 5.11 Å². The molecule has 0 aliphatic carbocycles. The van der Waals surface area contributed by atoms with Gasteiger partial charge in [-0.3, -0.25) is 0 Å². The van der Waals surface area contributed by atoms with Gasteiger partial charge in [-0.15, -0.1) is 0 Å². The zero-order valence-corrected chi connectivity index (χ0v) is 7.73. The molecule has 0 saturated heterocycles. The highest BCUT2D eigenvalue weighted by atomic mass is 16.5. The van der Waals surface area contributed by atoms with Crippen LogP contribution in [0.1, 0.15) is 18.1 Å². The maximum Gasteiger partial charge on any atom is 0.124 e. The summed E-state index contributed by atoms with van der Waals surface area (Å²) in [5, 5.41) is 9.67. The zero-order valence-electron chi connectivity index (χ0n) is 7.73. The maximum absolute atomic E-state index is 9.67. The Bertz CT molecular complexity index is 263. The van der Waals surface area contributed by atoms with E-state index < -0.39 is 6.10 Å². The highest BCUT2D eigenvalue weighted by molar-refractivity contribution is 5.34. The van der Waals surface area contributed by atoms with Crippen LogP contribution in [0.15, 0.2) is 24.3 Å². The van der Waals surface area contributed by atoms with E-state index in [1.54, 1.807) is 7.11 Å². The molecule has 0 unspecified atom stereocenters. The van der Waals surface area contributed by atoms with Gasteiger partial charge in [0.25, 0.3) is 0 Å². The second kappa shape index (κ2) is 4.84. The lowest BCUT2D eigenvalue weighted by Gasteiger charge is -2.13. The van der Waals surface area contributed by atoms with Crippen LogP contribution >= 0.6 is 0 Å². The summed E-state index contributed by atoms with van der Waals surface area (Å²) < 4.78 is 5.11. The van der Waals surface area contributed by atoms with Crippen LogP contribution in [0.25, 0.3) is 0 Å². The van der Waals surface area contributed by atoms with Gasteiger partial charge < -0.3 is 15.6 Å². The Balaban J connectivity index is 2.85. The fourth-order valence-electron chi connectivity index (χ4n) is 1.26. The molecule has 1 aromatic rings. The summed E-state index contributed by atoms with van der Waals surface area (Å²) in [6.07, 6.45) is 0.0292. The van der Waals surface area contributed by atoms with Crippen molar-refractivity contribution in [1.29, 1.82) is 0 Å². The summed E-state index contributed by atoms with van der Waals surface area (Å²) in [4.78, 5) is 0. The number of aliphatic hydroxyl groups is 1. The van der Waals surface area contributed by atoms with Crippen molar-refractivity contribution in [3.8, 4) is 5.75 Å². The van der Waals surface area contributed by atoms with E-state index in [4.69, 9.17) is 10.5 Å². The second-order valence-corrected chi connectivity index (χ2v) is 2.84. The fraction of sp³-hybridized carbons (Fsp3) is 0.400. The van der Waals surface area contributed by atoms with Gasteiger partial charge in [0.2, 0.25) is 0 Å². The molecule has 0 heterocycles. The molecule has 0 aromatic heterocycles. The third-order valence-electron chi connectivity index (χ3n) is 1.94. The molecule has 0 radical (unpaired) electrons. The van der Waals surface area contributed by atoms with Gasteiger partial charge >= 0.3 is 0 Å². The molecular formula is C10H15NO2. The summed E-state index contributed by atoms with van der Waals surface area (Å²) in [7, 11) is 1.59. The number of para-hydroxylation sites is 1. The Morgan fingerprint density at radius 2 is 2.15 bits per heavy atom. The quantitative estimate of drug-likeness (QED) is 0.730. The lowest BCUT2D eigenvalue weighted by Crippen LogP contribution is -2.07. The number of aliphatic hydroxyl groups excluding tert-OH is 1. The topological polar surface area (TPSA) is 55.5 Å². The molecule has 0 spiro atoms. The van der Waals surface area contributed by atoms with Crippen LogP contribution in [-0.2, 0) is 0 Å². The molecule has 3 N–H and O–H groups in total. The minimum Gasteiger partial charge on any atom is -0.496 e. The van der Waals surface area contributed by atoms with Crippen molar-refractivity contribution in [1.82, 2.24) is 0 Å².